The lowest BCUT2D eigenvalue weighted by atomic mass is 9.82. The third kappa shape index (κ3) is 2.29. The lowest BCUT2D eigenvalue weighted by Gasteiger charge is -2.47. The fraction of sp³-hybridized carbons (Fsp3) is 0.846. The molecule has 3 rings (SSSR count). The van der Waals surface area contributed by atoms with E-state index < -0.39 is 0 Å². The number of rotatable bonds is 3. The van der Waals surface area contributed by atoms with Gasteiger partial charge in [-0.3, -0.25) is 0 Å². The highest BCUT2D eigenvalue weighted by atomic mass is 15.3. The van der Waals surface area contributed by atoms with Gasteiger partial charge in [0.1, 0.15) is 12.2 Å². The van der Waals surface area contributed by atoms with Crippen LogP contribution in [0.25, 0.3) is 0 Å². The summed E-state index contributed by atoms with van der Waals surface area (Å²) in [5.41, 5.74) is 0. The first-order chi connectivity index (χ1) is 8.74. The largest absolute Gasteiger partial charge is 0.320 e. The van der Waals surface area contributed by atoms with Crippen LogP contribution in [0.2, 0.25) is 0 Å². The monoisotopic (exact) mass is 249 g/mol. The Morgan fingerprint density at radius 3 is 2.61 bits per heavy atom. The SMILES string of the molecule is CN1C2CCCC1CC(NCc1nncn1C)C2. The Labute approximate surface area is 109 Å². The summed E-state index contributed by atoms with van der Waals surface area (Å²) in [6.07, 6.45) is 8.48. The molecule has 1 aromatic heterocycles. The van der Waals surface area contributed by atoms with Crippen molar-refractivity contribution in [2.75, 3.05) is 7.05 Å². The van der Waals surface area contributed by atoms with Crippen molar-refractivity contribution in [2.24, 2.45) is 7.05 Å². The summed E-state index contributed by atoms with van der Waals surface area (Å²) in [5, 5.41) is 11.7. The molecular formula is C13H23N5. The molecule has 2 fully saturated rings. The smallest absolute Gasteiger partial charge is 0.146 e. The van der Waals surface area contributed by atoms with Gasteiger partial charge < -0.3 is 14.8 Å². The highest BCUT2D eigenvalue weighted by Crippen LogP contribution is 2.32. The molecule has 2 unspecified atom stereocenters. The van der Waals surface area contributed by atoms with Gasteiger partial charge in [-0.2, -0.15) is 0 Å². The third-order valence-corrected chi connectivity index (χ3v) is 4.69. The van der Waals surface area contributed by atoms with Crippen molar-refractivity contribution in [1.29, 1.82) is 0 Å². The van der Waals surface area contributed by atoms with E-state index in [-0.39, 0.29) is 0 Å². The van der Waals surface area contributed by atoms with Crippen molar-refractivity contribution < 1.29 is 0 Å². The minimum atomic E-state index is 0.646. The molecule has 0 saturated carbocycles. The maximum atomic E-state index is 4.13. The summed E-state index contributed by atoms with van der Waals surface area (Å²) in [6.45, 7) is 0.838. The first-order valence-electron chi connectivity index (χ1n) is 7.02. The van der Waals surface area contributed by atoms with E-state index in [2.05, 4.69) is 27.5 Å². The van der Waals surface area contributed by atoms with E-state index >= 15 is 0 Å². The Hall–Kier alpha value is -0.940. The van der Waals surface area contributed by atoms with Gasteiger partial charge in [-0.05, 0) is 32.7 Å². The van der Waals surface area contributed by atoms with E-state index in [4.69, 9.17) is 0 Å². The number of nitrogens with one attached hydrogen (secondary N) is 1. The molecule has 2 saturated heterocycles. The van der Waals surface area contributed by atoms with Gasteiger partial charge in [0.25, 0.3) is 0 Å². The molecule has 18 heavy (non-hydrogen) atoms. The first-order valence-corrected chi connectivity index (χ1v) is 7.02. The molecule has 0 aliphatic carbocycles. The zero-order valence-corrected chi connectivity index (χ0v) is 11.3. The summed E-state index contributed by atoms with van der Waals surface area (Å²) in [4.78, 5) is 2.60. The maximum Gasteiger partial charge on any atom is 0.146 e. The number of hydrogen-bond acceptors (Lipinski definition) is 4. The second-order valence-electron chi connectivity index (χ2n) is 5.81. The Morgan fingerprint density at radius 1 is 1.28 bits per heavy atom. The van der Waals surface area contributed by atoms with Crippen LogP contribution in [-0.2, 0) is 13.6 Å². The van der Waals surface area contributed by atoms with Gasteiger partial charge >= 0.3 is 0 Å². The van der Waals surface area contributed by atoms with Crippen molar-refractivity contribution in [3.05, 3.63) is 12.2 Å². The van der Waals surface area contributed by atoms with Crippen LogP contribution in [0.4, 0.5) is 0 Å². The predicted molar refractivity (Wildman–Crippen MR) is 70.1 cm³/mol. The highest BCUT2D eigenvalue weighted by molar-refractivity contribution is 4.94. The van der Waals surface area contributed by atoms with E-state index in [9.17, 15) is 0 Å². The number of hydrogen-bond donors (Lipinski definition) is 1. The van der Waals surface area contributed by atoms with E-state index in [1.54, 1.807) is 6.33 Å². The van der Waals surface area contributed by atoms with E-state index in [1.165, 1.54) is 32.1 Å². The van der Waals surface area contributed by atoms with Crippen LogP contribution in [0.15, 0.2) is 6.33 Å². The standard InChI is InChI=1S/C13H23N5/c1-17-9-15-16-13(17)8-14-10-6-11-4-3-5-12(7-10)18(11)2/h9-12,14H,3-8H2,1-2H3. The first kappa shape index (κ1) is 12.1. The van der Waals surface area contributed by atoms with E-state index in [0.717, 1.165) is 24.5 Å². The summed E-state index contributed by atoms with van der Waals surface area (Å²) < 4.78 is 1.99. The molecule has 1 N–H and O–H groups in total. The Bertz CT molecular complexity index is 388. The van der Waals surface area contributed by atoms with Crippen molar-refractivity contribution in [3.63, 3.8) is 0 Å². The topological polar surface area (TPSA) is 46.0 Å². The number of fused-ring (bicyclic) bond motifs is 2. The van der Waals surface area contributed by atoms with E-state index in [1.807, 2.05) is 11.6 Å². The quantitative estimate of drug-likeness (QED) is 0.865. The lowest BCUT2D eigenvalue weighted by Crippen LogP contribution is -2.54. The van der Waals surface area contributed by atoms with Crippen molar-refractivity contribution >= 4 is 0 Å². The number of nitrogens with zero attached hydrogens (tertiary/aromatic N) is 4. The van der Waals surface area contributed by atoms with Gasteiger partial charge in [0, 0.05) is 25.2 Å². The Balaban J connectivity index is 1.57. The van der Waals surface area contributed by atoms with Crippen LogP contribution in [0, 0.1) is 0 Å². The molecule has 3 heterocycles. The molecule has 1 aromatic rings. The van der Waals surface area contributed by atoms with Gasteiger partial charge in [-0.1, -0.05) is 6.42 Å². The average Bonchev–Trinajstić information content (AvgIpc) is 2.73. The molecule has 5 heteroatoms. The van der Waals surface area contributed by atoms with Crippen LogP contribution in [0.1, 0.15) is 37.9 Å². The second-order valence-corrected chi connectivity index (χ2v) is 5.81. The fourth-order valence-electron chi connectivity index (χ4n) is 3.49. The van der Waals surface area contributed by atoms with Gasteiger partial charge in [0.05, 0.1) is 6.54 Å². The maximum absolute atomic E-state index is 4.13. The summed E-state index contributed by atoms with van der Waals surface area (Å²) in [6, 6.07) is 2.22. The van der Waals surface area contributed by atoms with Crippen LogP contribution in [0.5, 0.6) is 0 Å². The highest BCUT2D eigenvalue weighted by Gasteiger charge is 2.35. The van der Waals surface area contributed by atoms with Crippen LogP contribution in [-0.4, -0.2) is 44.8 Å². The van der Waals surface area contributed by atoms with Gasteiger partial charge in [-0.25, -0.2) is 0 Å². The molecule has 100 valence electrons. The number of aromatic nitrogens is 3. The van der Waals surface area contributed by atoms with Crippen LogP contribution in [0.3, 0.4) is 0 Å². The minimum Gasteiger partial charge on any atom is -0.320 e. The van der Waals surface area contributed by atoms with Crippen molar-refractivity contribution in [1.82, 2.24) is 25.0 Å². The predicted octanol–water partition coefficient (Wildman–Crippen LogP) is 0.920. The molecule has 0 amide bonds. The normalized spacial score (nSPS) is 32.7. The number of piperidine rings is 2. The summed E-state index contributed by atoms with van der Waals surface area (Å²) in [5.74, 6) is 1.03. The molecule has 0 aromatic carbocycles. The molecule has 0 radical (unpaired) electrons. The fourth-order valence-corrected chi connectivity index (χ4v) is 3.49. The molecule has 2 aliphatic rings. The lowest BCUT2D eigenvalue weighted by molar-refractivity contribution is 0.0480. The second kappa shape index (κ2) is 4.97. The van der Waals surface area contributed by atoms with Crippen LogP contribution < -0.4 is 5.32 Å². The molecular weight excluding hydrogens is 226 g/mol. The Kier molecular flexibility index (Phi) is 3.35. The van der Waals surface area contributed by atoms with Gasteiger partial charge in [0.2, 0.25) is 0 Å². The third-order valence-electron chi connectivity index (χ3n) is 4.69. The number of aryl methyl sites for hydroxylation is 1. The Morgan fingerprint density at radius 2 is 2.00 bits per heavy atom. The minimum absolute atomic E-state index is 0.646. The zero-order chi connectivity index (χ0) is 12.5. The average molecular weight is 249 g/mol. The zero-order valence-electron chi connectivity index (χ0n) is 11.3. The molecule has 2 bridgehead atoms. The summed E-state index contributed by atoms with van der Waals surface area (Å²) >= 11 is 0. The van der Waals surface area contributed by atoms with Crippen molar-refractivity contribution in [3.8, 4) is 0 Å². The molecule has 5 nitrogen and oxygen atoms in total. The molecule has 0 spiro atoms. The van der Waals surface area contributed by atoms with Gasteiger partial charge in [0.15, 0.2) is 0 Å². The van der Waals surface area contributed by atoms with Gasteiger partial charge in [-0.15, -0.1) is 10.2 Å². The van der Waals surface area contributed by atoms with E-state index in [0.29, 0.717) is 6.04 Å². The summed E-state index contributed by atoms with van der Waals surface area (Å²) in [7, 11) is 4.30. The van der Waals surface area contributed by atoms with Crippen molar-refractivity contribution in [2.45, 2.75) is 56.8 Å². The molecule has 2 atom stereocenters. The van der Waals surface area contributed by atoms with Crippen LogP contribution >= 0.6 is 0 Å². The molecule has 2 aliphatic heterocycles.